The fourth-order valence-corrected chi connectivity index (χ4v) is 9.38. The van der Waals surface area contributed by atoms with Crippen molar-refractivity contribution in [2.45, 2.75) is 70.8 Å². The highest BCUT2D eigenvalue weighted by atomic mass is 19.1. The molecule has 2 bridgehead atoms. The number of guanidine groups is 1. The minimum atomic E-state index is -1.07. The van der Waals surface area contributed by atoms with Gasteiger partial charge < -0.3 is 30.1 Å². The van der Waals surface area contributed by atoms with Gasteiger partial charge in [-0.15, -0.1) is 0 Å². The van der Waals surface area contributed by atoms with E-state index in [9.17, 15) is 19.2 Å². The summed E-state index contributed by atoms with van der Waals surface area (Å²) < 4.78 is 38.5. The maximum atomic E-state index is 15.3. The van der Waals surface area contributed by atoms with E-state index in [4.69, 9.17) is 9.72 Å². The summed E-state index contributed by atoms with van der Waals surface area (Å²) in [6, 6.07) is 12.1. The summed E-state index contributed by atoms with van der Waals surface area (Å²) >= 11 is 0. The number of aryl methyl sites for hydroxylation is 2. The van der Waals surface area contributed by atoms with Gasteiger partial charge in [-0.1, -0.05) is 6.92 Å². The van der Waals surface area contributed by atoms with Gasteiger partial charge in [0.05, 0.1) is 47.3 Å². The molecule has 5 aliphatic rings. The van der Waals surface area contributed by atoms with Gasteiger partial charge in [0.2, 0.25) is 29.6 Å². The Morgan fingerprint density at radius 1 is 0.935 bits per heavy atom. The predicted octanol–water partition coefficient (Wildman–Crippen LogP) is 5.76. The summed E-state index contributed by atoms with van der Waals surface area (Å²) in [5, 5.41) is 13.6. The Hall–Kier alpha value is -6.39. The van der Waals surface area contributed by atoms with Crippen LogP contribution in [0.15, 0.2) is 53.7 Å². The Kier molecular flexibility index (Phi) is 11.1. The zero-order chi connectivity index (χ0) is 43.2. The van der Waals surface area contributed by atoms with Crippen molar-refractivity contribution >= 4 is 52.3 Å². The summed E-state index contributed by atoms with van der Waals surface area (Å²) in [4.78, 5) is 66.5. The first-order valence-corrected chi connectivity index (χ1v) is 21.5. The van der Waals surface area contributed by atoms with Crippen LogP contribution in [-0.4, -0.2) is 94.6 Å². The molecule has 9 rings (SSSR count). The number of carbonyl (C=O) groups excluding carboxylic acids is 4. The van der Waals surface area contributed by atoms with E-state index in [0.29, 0.717) is 80.2 Å². The van der Waals surface area contributed by atoms with Crippen LogP contribution in [0.4, 0.5) is 31.5 Å². The van der Waals surface area contributed by atoms with Crippen LogP contribution < -0.4 is 30.5 Å². The van der Waals surface area contributed by atoms with Crippen molar-refractivity contribution in [3.8, 4) is 17.1 Å². The van der Waals surface area contributed by atoms with Crippen LogP contribution in [0.2, 0.25) is 0 Å². The van der Waals surface area contributed by atoms with Gasteiger partial charge in [-0.05, 0) is 93.8 Å². The molecule has 0 saturated carbocycles. The van der Waals surface area contributed by atoms with E-state index in [1.807, 2.05) is 35.9 Å². The molecular formula is C45H50F2N10O5. The number of hydrogen-bond donors (Lipinski definition) is 3. The normalized spacial score (nSPS) is 22.9. The van der Waals surface area contributed by atoms with Crippen molar-refractivity contribution in [3.63, 3.8) is 0 Å². The Balaban J connectivity index is 0.840. The number of amides is 4. The van der Waals surface area contributed by atoms with Crippen LogP contribution in [0.3, 0.4) is 0 Å². The average Bonchev–Trinajstić information content (AvgIpc) is 3.97. The number of imide groups is 1. The quantitative estimate of drug-likeness (QED) is 0.209. The third kappa shape index (κ3) is 8.19. The van der Waals surface area contributed by atoms with Crippen molar-refractivity contribution in [2.75, 3.05) is 59.8 Å². The molecule has 0 aliphatic carbocycles. The van der Waals surface area contributed by atoms with Gasteiger partial charge in [0.25, 0.3) is 5.91 Å². The first-order chi connectivity index (χ1) is 29.9. The molecule has 2 aromatic heterocycles. The monoisotopic (exact) mass is 848 g/mol. The van der Waals surface area contributed by atoms with Gasteiger partial charge in [0.15, 0.2) is 0 Å². The maximum absolute atomic E-state index is 15.3. The molecule has 3 atom stereocenters. The van der Waals surface area contributed by atoms with E-state index in [1.165, 1.54) is 12.1 Å². The molecule has 7 heterocycles. The van der Waals surface area contributed by atoms with Crippen molar-refractivity contribution in [1.29, 1.82) is 0 Å². The van der Waals surface area contributed by atoms with Crippen LogP contribution >= 0.6 is 0 Å². The number of aliphatic imine (C=N–C) groups is 1. The van der Waals surface area contributed by atoms with Crippen molar-refractivity contribution in [3.05, 3.63) is 77.1 Å². The second kappa shape index (κ2) is 16.8. The number of hydrogen-bond acceptors (Lipinski definition) is 11. The number of rotatable bonds is 5. The van der Waals surface area contributed by atoms with E-state index in [1.54, 1.807) is 23.0 Å². The van der Waals surface area contributed by atoms with Crippen LogP contribution in [0.1, 0.15) is 79.4 Å². The molecule has 3 N–H and O–H groups in total. The van der Waals surface area contributed by atoms with Crippen molar-refractivity contribution in [2.24, 2.45) is 23.9 Å². The molecule has 5 aliphatic heterocycles. The zero-order valence-electron chi connectivity index (χ0n) is 35.0. The summed E-state index contributed by atoms with van der Waals surface area (Å²) in [6.07, 6.45) is 5.53. The van der Waals surface area contributed by atoms with Gasteiger partial charge in [-0.2, -0.15) is 10.1 Å². The van der Waals surface area contributed by atoms with E-state index in [2.05, 4.69) is 43.9 Å². The molecule has 3 saturated heterocycles. The van der Waals surface area contributed by atoms with Crippen LogP contribution in [0.25, 0.3) is 11.3 Å². The minimum Gasteiger partial charge on any atom is -0.477 e. The lowest BCUT2D eigenvalue weighted by atomic mass is 9.89. The highest BCUT2D eigenvalue weighted by Gasteiger charge is 2.37. The molecule has 3 fully saturated rings. The summed E-state index contributed by atoms with van der Waals surface area (Å²) in [6.45, 7) is 7.13. The zero-order valence-corrected chi connectivity index (χ0v) is 35.0. The summed E-state index contributed by atoms with van der Waals surface area (Å²) in [7, 11) is 1.83. The third-order valence-corrected chi connectivity index (χ3v) is 12.7. The van der Waals surface area contributed by atoms with Gasteiger partial charge in [0.1, 0.15) is 11.6 Å². The Labute approximate surface area is 357 Å². The minimum absolute atomic E-state index is 0.0202. The van der Waals surface area contributed by atoms with Gasteiger partial charge >= 0.3 is 0 Å². The lowest BCUT2D eigenvalue weighted by molar-refractivity contribution is -0.136. The number of nitrogens with zero attached hydrogens (tertiary/aromatic N) is 7. The van der Waals surface area contributed by atoms with E-state index >= 15 is 8.78 Å². The number of aromatic nitrogens is 3. The number of benzene rings is 2. The van der Waals surface area contributed by atoms with Crippen LogP contribution in [0, 0.1) is 30.4 Å². The Bertz CT molecular complexity index is 2460. The largest absolute Gasteiger partial charge is 0.477 e. The Morgan fingerprint density at radius 3 is 2.50 bits per heavy atom. The average molecular weight is 849 g/mol. The lowest BCUT2D eigenvalue weighted by Gasteiger charge is -2.34. The van der Waals surface area contributed by atoms with Crippen LogP contribution in [-0.2, 0) is 21.4 Å². The molecule has 324 valence electrons. The van der Waals surface area contributed by atoms with E-state index in [-0.39, 0.29) is 48.1 Å². The first kappa shape index (κ1) is 41.0. The number of fused-ring (bicyclic) bond motifs is 7. The first-order valence-electron chi connectivity index (χ1n) is 21.5. The SMILES string of the molecule is Cc1cc2cc(n1)-c1cnn(C)c1OCCC[C@@H](C)CN1/C(=N/C2=O)Nc2ccc(NC3CCN(C(=O)[C@@H]4CCN(c5cc(F)c([C@H]6CCC(=O)NC6=O)c(F)c5)C4)CC3)cc21. The number of piperidine rings is 2. The number of anilines is 4. The van der Waals surface area contributed by atoms with Crippen molar-refractivity contribution < 1.29 is 32.7 Å². The number of carbonyl (C=O) groups is 4. The number of ether oxygens (including phenoxy) is 1. The number of halogens is 2. The number of likely N-dealkylation sites (tertiary alicyclic amines) is 1. The molecule has 4 amide bonds. The smallest absolute Gasteiger partial charge is 0.280 e. The molecule has 0 spiro atoms. The van der Waals surface area contributed by atoms with E-state index in [0.717, 1.165) is 48.3 Å². The lowest BCUT2D eigenvalue weighted by Crippen LogP contribution is -2.45. The second-order valence-corrected chi connectivity index (χ2v) is 17.2. The van der Waals surface area contributed by atoms with Crippen LogP contribution in [0.5, 0.6) is 5.88 Å². The standard InChI is InChI=1S/C45H50F2N10O5/c1-25-5-4-16-62-44-33(22-48-54(44)3)37-18-28(17-26(2)49-37)41(59)53-45-51-36-8-6-30(19-38(36)57(45)23-25)50-29-11-14-55(15-12-29)43(61)27-10-13-56(24-27)31-20-34(46)40(35(47)21-31)32-7-9-39(58)52-42(32)60/h6,8,17-22,25,27,29,32,50H,4-5,7,9-16,23-24H2,1-3H3,(H,51,53,59)(H,52,58,60)/t25-,27-,32-/m1/s1. The molecule has 17 heteroatoms. The molecule has 2 aromatic carbocycles. The van der Waals surface area contributed by atoms with Crippen molar-refractivity contribution in [1.82, 2.24) is 25.0 Å². The predicted molar refractivity (Wildman–Crippen MR) is 229 cm³/mol. The Morgan fingerprint density at radius 2 is 1.73 bits per heavy atom. The molecule has 0 unspecified atom stereocenters. The topological polar surface area (TPSA) is 166 Å². The van der Waals surface area contributed by atoms with Gasteiger partial charge in [-0.3, -0.25) is 29.5 Å². The number of nitrogens with one attached hydrogen (secondary N) is 3. The fraction of sp³-hybridized carbons (Fsp3) is 0.444. The fourth-order valence-electron chi connectivity index (χ4n) is 9.38. The van der Waals surface area contributed by atoms with Gasteiger partial charge in [-0.25, -0.2) is 13.5 Å². The second-order valence-electron chi connectivity index (χ2n) is 17.2. The highest BCUT2D eigenvalue weighted by Crippen LogP contribution is 2.38. The third-order valence-electron chi connectivity index (χ3n) is 12.7. The summed E-state index contributed by atoms with van der Waals surface area (Å²) in [5.74, 6) is -3.22. The van der Waals surface area contributed by atoms with E-state index < -0.39 is 29.4 Å². The van der Waals surface area contributed by atoms with Gasteiger partial charge in [0, 0.05) is 80.4 Å². The number of pyridine rings is 1. The molecule has 62 heavy (non-hydrogen) atoms. The molecular weight excluding hydrogens is 799 g/mol. The molecule has 15 nitrogen and oxygen atoms in total. The highest BCUT2D eigenvalue weighted by molar-refractivity contribution is 6.19. The molecule has 4 aromatic rings. The summed E-state index contributed by atoms with van der Waals surface area (Å²) in [5.41, 5.74) is 5.11. The maximum Gasteiger partial charge on any atom is 0.280 e. The molecule has 0 radical (unpaired) electrons.